The van der Waals surface area contributed by atoms with Crippen molar-refractivity contribution in [1.29, 1.82) is 0 Å². The van der Waals surface area contributed by atoms with Crippen LogP contribution in [0.4, 0.5) is 0 Å². The molecule has 0 radical (unpaired) electrons. The summed E-state index contributed by atoms with van der Waals surface area (Å²) in [6.07, 6.45) is 4.06. The Morgan fingerprint density at radius 1 is 1.32 bits per heavy atom. The van der Waals surface area contributed by atoms with E-state index in [9.17, 15) is 14.4 Å². The van der Waals surface area contributed by atoms with Crippen LogP contribution in [-0.4, -0.2) is 35.2 Å². The lowest BCUT2D eigenvalue weighted by Crippen LogP contribution is -2.60. The van der Waals surface area contributed by atoms with Crippen LogP contribution in [0.25, 0.3) is 0 Å². The lowest BCUT2D eigenvalue weighted by molar-refractivity contribution is -0.154. The molecule has 1 N–H and O–H groups in total. The average molecular weight is 266 g/mol. The van der Waals surface area contributed by atoms with E-state index in [1.54, 1.807) is 6.92 Å². The van der Waals surface area contributed by atoms with E-state index in [0.717, 1.165) is 25.7 Å². The largest absolute Gasteiger partial charge is 0.321 e. The highest BCUT2D eigenvalue weighted by atomic mass is 16.2. The van der Waals surface area contributed by atoms with Gasteiger partial charge in [0, 0.05) is 5.92 Å². The van der Waals surface area contributed by atoms with Crippen LogP contribution >= 0.6 is 0 Å². The molecule has 1 saturated carbocycles. The highest BCUT2D eigenvalue weighted by Crippen LogP contribution is 2.41. The summed E-state index contributed by atoms with van der Waals surface area (Å²) in [5, 5.41) is 2.27. The third-order valence-electron chi connectivity index (χ3n) is 4.51. The first-order valence-electron chi connectivity index (χ1n) is 6.97. The Hall–Kier alpha value is -1.39. The first kappa shape index (κ1) is 14.0. The summed E-state index contributed by atoms with van der Waals surface area (Å²) < 4.78 is 0. The molecule has 2 aliphatic rings. The zero-order valence-corrected chi connectivity index (χ0v) is 11.9. The van der Waals surface area contributed by atoms with E-state index in [4.69, 9.17) is 0 Å². The molecule has 1 aliphatic heterocycles. The maximum absolute atomic E-state index is 12.7. The predicted octanol–water partition coefficient (Wildman–Crippen LogP) is 1.08. The summed E-state index contributed by atoms with van der Waals surface area (Å²) >= 11 is 0. The Balaban J connectivity index is 2.18. The van der Waals surface area contributed by atoms with E-state index < -0.39 is 6.04 Å². The maximum Gasteiger partial charge on any atom is 0.249 e. The molecule has 0 aromatic heterocycles. The third kappa shape index (κ3) is 2.65. The van der Waals surface area contributed by atoms with Gasteiger partial charge in [-0.3, -0.25) is 19.7 Å². The fourth-order valence-corrected chi connectivity index (χ4v) is 3.14. The highest BCUT2D eigenvalue weighted by Gasteiger charge is 2.43. The van der Waals surface area contributed by atoms with Crippen molar-refractivity contribution in [2.45, 2.75) is 52.5 Å². The van der Waals surface area contributed by atoms with Gasteiger partial charge in [-0.05, 0) is 25.2 Å². The summed E-state index contributed by atoms with van der Waals surface area (Å²) in [7, 11) is 0. The highest BCUT2D eigenvalue weighted by molar-refractivity contribution is 6.04. The molecule has 0 bridgehead atoms. The predicted molar refractivity (Wildman–Crippen MR) is 70.1 cm³/mol. The fourth-order valence-electron chi connectivity index (χ4n) is 3.14. The number of rotatable bonds is 1. The minimum Gasteiger partial charge on any atom is -0.321 e. The lowest BCUT2D eigenvalue weighted by atomic mass is 9.68. The lowest BCUT2D eigenvalue weighted by Gasteiger charge is -2.42. The second-order valence-corrected chi connectivity index (χ2v) is 6.34. The molecule has 0 aromatic carbocycles. The Kier molecular flexibility index (Phi) is 3.65. The van der Waals surface area contributed by atoms with Crippen molar-refractivity contribution in [3.05, 3.63) is 0 Å². The van der Waals surface area contributed by atoms with E-state index in [1.807, 2.05) is 0 Å². The molecule has 2 unspecified atom stereocenters. The van der Waals surface area contributed by atoms with Crippen molar-refractivity contribution in [1.82, 2.24) is 10.2 Å². The molecule has 0 aromatic rings. The van der Waals surface area contributed by atoms with E-state index in [0.29, 0.717) is 0 Å². The summed E-state index contributed by atoms with van der Waals surface area (Å²) in [5.41, 5.74) is -0.0496. The number of piperazine rings is 1. The fraction of sp³-hybridized carbons (Fsp3) is 0.786. The summed E-state index contributed by atoms with van der Waals surface area (Å²) in [6.45, 7) is 5.88. The zero-order chi connectivity index (χ0) is 14.2. The molecule has 2 rings (SSSR count). The van der Waals surface area contributed by atoms with Crippen molar-refractivity contribution >= 4 is 17.7 Å². The number of carbonyl (C=O) groups excluding carboxylic acids is 3. The number of imide groups is 1. The van der Waals surface area contributed by atoms with Crippen LogP contribution in [0.5, 0.6) is 0 Å². The number of nitrogens with zero attached hydrogens (tertiary/aromatic N) is 1. The molecule has 2 atom stereocenters. The Morgan fingerprint density at radius 2 is 2.00 bits per heavy atom. The number of amides is 3. The molecule has 5 nitrogen and oxygen atoms in total. The van der Waals surface area contributed by atoms with Gasteiger partial charge in [-0.15, -0.1) is 0 Å². The smallest absolute Gasteiger partial charge is 0.249 e. The average Bonchev–Trinajstić information content (AvgIpc) is 2.32. The third-order valence-corrected chi connectivity index (χ3v) is 4.51. The van der Waals surface area contributed by atoms with Crippen molar-refractivity contribution in [3.63, 3.8) is 0 Å². The molecule has 5 heteroatoms. The Morgan fingerprint density at radius 3 is 2.63 bits per heavy atom. The molecular formula is C14H22N2O3. The van der Waals surface area contributed by atoms with Gasteiger partial charge in [-0.25, -0.2) is 0 Å². The molecule has 1 aliphatic carbocycles. The van der Waals surface area contributed by atoms with Gasteiger partial charge in [0.15, 0.2) is 0 Å². The van der Waals surface area contributed by atoms with Crippen LogP contribution in [0.3, 0.4) is 0 Å². The van der Waals surface area contributed by atoms with Crippen molar-refractivity contribution in [3.8, 4) is 0 Å². The van der Waals surface area contributed by atoms with Gasteiger partial charge in [-0.1, -0.05) is 26.7 Å². The van der Waals surface area contributed by atoms with Gasteiger partial charge in [0.25, 0.3) is 0 Å². The molecule has 19 heavy (non-hydrogen) atoms. The number of hydrogen-bond donors (Lipinski definition) is 1. The normalized spacial score (nSPS) is 31.0. The molecule has 2 fully saturated rings. The van der Waals surface area contributed by atoms with E-state index >= 15 is 0 Å². The molecule has 0 spiro atoms. The SMILES string of the molecule is CC1C(=O)NC(=O)CN1C(=O)C1CCCCC1(C)C. The molecule has 106 valence electrons. The van der Waals surface area contributed by atoms with E-state index in [2.05, 4.69) is 19.2 Å². The van der Waals surface area contributed by atoms with Crippen LogP contribution in [0.15, 0.2) is 0 Å². The van der Waals surface area contributed by atoms with Gasteiger partial charge < -0.3 is 4.90 Å². The molecule has 1 saturated heterocycles. The summed E-state index contributed by atoms with van der Waals surface area (Å²) in [5.74, 6) is -0.883. The first-order chi connectivity index (χ1) is 8.83. The van der Waals surface area contributed by atoms with Crippen LogP contribution in [-0.2, 0) is 14.4 Å². The number of nitrogens with one attached hydrogen (secondary N) is 1. The van der Waals surface area contributed by atoms with Gasteiger partial charge in [0.1, 0.15) is 12.6 Å². The van der Waals surface area contributed by atoms with Crippen molar-refractivity contribution in [2.24, 2.45) is 11.3 Å². The van der Waals surface area contributed by atoms with Crippen molar-refractivity contribution < 1.29 is 14.4 Å². The second kappa shape index (κ2) is 4.94. The molecular weight excluding hydrogens is 244 g/mol. The molecule has 1 heterocycles. The summed E-state index contributed by atoms with van der Waals surface area (Å²) in [6, 6.07) is -0.553. The number of hydrogen-bond acceptors (Lipinski definition) is 3. The van der Waals surface area contributed by atoms with Gasteiger partial charge >= 0.3 is 0 Å². The van der Waals surface area contributed by atoms with Gasteiger partial charge in [0.2, 0.25) is 17.7 Å². The monoisotopic (exact) mass is 266 g/mol. The zero-order valence-electron chi connectivity index (χ0n) is 11.9. The standard InChI is InChI=1S/C14H22N2O3/c1-9-12(18)15-11(17)8-16(9)13(19)10-6-4-5-7-14(10,2)3/h9-10H,4-8H2,1-3H3,(H,15,17,18). The second-order valence-electron chi connectivity index (χ2n) is 6.34. The van der Waals surface area contributed by atoms with Crippen LogP contribution in [0.1, 0.15) is 46.5 Å². The minimum absolute atomic E-state index is 0.00167. The molecule has 3 amide bonds. The first-order valence-corrected chi connectivity index (χ1v) is 6.97. The van der Waals surface area contributed by atoms with Crippen molar-refractivity contribution in [2.75, 3.05) is 6.54 Å². The van der Waals surface area contributed by atoms with Crippen LogP contribution < -0.4 is 5.32 Å². The Bertz CT molecular complexity index is 417. The topological polar surface area (TPSA) is 66.5 Å². The Labute approximate surface area is 113 Å². The van der Waals surface area contributed by atoms with Crippen LogP contribution in [0, 0.1) is 11.3 Å². The van der Waals surface area contributed by atoms with Crippen LogP contribution in [0.2, 0.25) is 0 Å². The van der Waals surface area contributed by atoms with E-state index in [-0.39, 0.29) is 35.6 Å². The quantitative estimate of drug-likeness (QED) is 0.722. The van der Waals surface area contributed by atoms with Gasteiger partial charge in [-0.2, -0.15) is 0 Å². The number of carbonyl (C=O) groups is 3. The summed E-state index contributed by atoms with van der Waals surface area (Å²) in [4.78, 5) is 37.2. The minimum atomic E-state index is -0.553. The van der Waals surface area contributed by atoms with E-state index in [1.165, 1.54) is 4.90 Å². The maximum atomic E-state index is 12.7. The van der Waals surface area contributed by atoms with Gasteiger partial charge in [0.05, 0.1) is 0 Å².